The van der Waals surface area contributed by atoms with Gasteiger partial charge in [-0.25, -0.2) is 4.68 Å². The lowest BCUT2D eigenvalue weighted by Gasteiger charge is -2.04. The summed E-state index contributed by atoms with van der Waals surface area (Å²) in [6.45, 7) is 3.86. The van der Waals surface area contributed by atoms with E-state index in [9.17, 15) is 5.11 Å². The molecule has 0 aliphatic rings. The minimum absolute atomic E-state index is 0.0191. The molecule has 0 saturated carbocycles. The summed E-state index contributed by atoms with van der Waals surface area (Å²) in [7, 11) is 0. The lowest BCUT2D eigenvalue weighted by atomic mass is 10.2. The molecule has 84 valence electrons. The fourth-order valence-electron chi connectivity index (χ4n) is 1.74. The molecule has 0 saturated heterocycles. The highest BCUT2D eigenvalue weighted by molar-refractivity contribution is 6.30. The summed E-state index contributed by atoms with van der Waals surface area (Å²) in [5.74, 6) is 0. The van der Waals surface area contributed by atoms with Crippen molar-refractivity contribution in [3.8, 4) is 5.69 Å². The molecule has 3 nitrogen and oxygen atoms in total. The second-order valence-electron chi connectivity index (χ2n) is 3.70. The van der Waals surface area contributed by atoms with Crippen LogP contribution < -0.4 is 0 Å². The van der Waals surface area contributed by atoms with E-state index in [2.05, 4.69) is 5.10 Å². The van der Waals surface area contributed by atoms with Gasteiger partial charge in [0.2, 0.25) is 0 Å². The van der Waals surface area contributed by atoms with Crippen LogP contribution >= 0.6 is 11.6 Å². The Kier molecular flexibility index (Phi) is 2.99. The van der Waals surface area contributed by atoms with Gasteiger partial charge >= 0.3 is 0 Å². The molecule has 0 spiro atoms. The van der Waals surface area contributed by atoms with Gasteiger partial charge in [0.25, 0.3) is 0 Å². The van der Waals surface area contributed by atoms with Gasteiger partial charge in [-0.1, -0.05) is 11.6 Å². The summed E-state index contributed by atoms with van der Waals surface area (Å²) < 4.78 is 1.82. The van der Waals surface area contributed by atoms with Gasteiger partial charge < -0.3 is 5.11 Å². The molecule has 1 N–H and O–H groups in total. The molecule has 0 unspecified atom stereocenters. The molecule has 1 aromatic heterocycles. The van der Waals surface area contributed by atoms with Crippen LogP contribution in [0.1, 0.15) is 17.0 Å². The third kappa shape index (κ3) is 1.84. The molecule has 0 radical (unpaired) electrons. The van der Waals surface area contributed by atoms with Crippen molar-refractivity contribution in [2.24, 2.45) is 0 Å². The molecule has 0 atom stereocenters. The molecule has 0 bridgehead atoms. The Morgan fingerprint density at radius 3 is 2.38 bits per heavy atom. The van der Waals surface area contributed by atoms with E-state index in [0.717, 1.165) is 22.6 Å². The van der Waals surface area contributed by atoms with Crippen LogP contribution in [-0.2, 0) is 6.61 Å². The SMILES string of the molecule is Cc1nn(-c2ccc(Cl)cc2)c(C)c1CO. The largest absolute Gasteiger partial charge is 0.392 e. The maximum atomic E-state index is 9.23. The number of halogens is 1. The highest BCUT2D eigenvalue weighted by Gasteiger charge is 2.11. The molecule has 2 rings (SSSR count). The standard InChI is InChI=1S/C12H13ClN2O/c1-8-12(7-16)9(2)15(14-8)11-5-3-10(13)4-6-11/h3-6,16H,7H2,1-2H3. The van der Waals surface area contributed by atoms with Gasteiger partial charge in [0, 0.05) is 16.3 Å². The molecule has 1 aromatic carbocycles. The summed E-state index contributed by atoms with van der Waals surface area (Å²) in [6.07, 6.45) is 0. The number of hydrogen-bond donors (Lipinski definition) is 1. The topological polar surface area (TPSA) is 38.0 Å². The highest BCUT2D eigenvalue weighted by Crippen LogP contribution is 2.19. The van der Waals surface area contributed by atoms with Crippen LogP contribution in [0.15, 0.2) is 24.3 Å². The van der Waals surface area contributed by atoms with Gasteiger partial charge in [0.05, 0.1) is 18.0 Å². The molecular weight excluding hydrogens is 224 g/mol. The van der Waals surface area contributed by atoms with Crippen LogP contribution in [0.4, 0.5) is 0 Å². The first kappa shape index (κ1) is 11.2. The number of rotatable bonds is 2. The number of aliphatic hydroxyl groups is 1. The number of hydrogen-bond acceptors (Lipinski definition) is 2. The molecule has 16 heavy (non-hydrogen) atoms. The Bertz CT molecular complexity index is 502. The van der Waals surface area contributed by atoms with Crippen LogP contribution in [0.5, 0.6) is 0 Å². The summed E-state index contributed by atoms with van der Waals surface area (Å²) in [6, 6.07) is 7.46. The molecule has 0 amide bonds. The summed E-state index contributed by atoms with van der Waals surface area (Å²) in [4.78, 5) is 0. The third-order valence-electron chi connectivity index (χ3n) is 2.67. The van der Waals surface area contributed by atoms with E-state index in [4.69, 9.17) is 11.6 Å². The molecule has 2 aromatic rings. The number of aromatic nitrogens is 2. The smallest absolute Gasteiger partial charge is 0.0718 e. The van der Waals surface area contributed by atoms with E-state index in [1.807, 2.05) is 42.8 Å². The Labute approximate surface area is 99.3 Å². The maximum absolute atomic E-state index is 9.23. The summed E-state index contributed by atoms with van der Waals surface area (Å²) >= 11 is 5.83. The van der Waals surface area contributed by atoms with Crippen molar-refractivity contribution < 1.29 is 5.11 Å². The van der Waals surface area contributed by atoms with Crippen LogP contribution in [0, 0.1) is 13.8 Å². The minimum Gasteiger partial charge on any atom is -0.392 e. The Balaban J connectivity index is 2.52. The first-order valence-corrected chi connectivity index (χ1v) is 5.43. The predicted octanol–water partition coefficient (Wildman–Crippen LogP) is 2.63. The molecule has 4 heteroatoms. The number of aryl methyl sites for hydroxylation is 1. The predicted molar refractivity (Wildman–Crippen MR) is 64.0 cm³/mol. The first-order chi connectivity index (χ1) is 7.63. The maximum Gasteiger partial charge on any atom is 0.0718 e. The van der Waals surface area contributed by atoms with Gasteiger partial charge in [-0.05, 0) is 38.1 Å². The van der Waals surface area contributed by atoms with E-state index >= 15 is 0 Å². The zero-order valence-corrected chi connectivity index (χ0v) is 9.99. The van der Waals surface area contributed by atoms with E-state index in [1.165, 1.54) is 0 Å². The summed E-state index contributed by atoms with van der Waals surface area (Å²) in [5, 5.41) is 14.3. The first-order valence-electron chi connectivity index (χ1n) is 5.05. The Hall–Kier alpha value is -1.32. The summed E-state index contributed by atoms with van der Waals surface area (Å²) in [5.41, 5.74) is 3.65. The normalized spacial score (nSPS) is 10.8. The zero-order valence-electron chi connectivity index (χ0n) is 9.24. The van der Waals surface area contributed by atoms with Crippen molar-refractivity contribution in [2.75, 3.05) is 0 Å². The zero-order chi connectivity index (χ0) is 11.7. The van der Waals surface area contributed by atoms with Gasteiger partial charge in [0.1, 0.15) is 0 Å². The Morgan fingerprint density at radius 1 is 1.25 bits per heavy atom. The van der Waals surface area contributed by atoms with E-state index < -0.39 is 0 Å². The molecule has 0 aliphatic carbocycles. The average molecular weight is 237 g/mol. The average Bonchev–Trinajstić information content (AvgIpc) is 2.55. The minimum atomic E-state index is 0.0191. The van der Waals surface area contributed by atoms with Crippen LogP contribution in [0.2, 0.25) is 5.02 Å². The quantitative estimate of drug-likeness (QED) is 0.871. The lowest BCUT2D eigenvalue weighted by Crippen LogP contribution is -1.99. The third-order valence-corrected chi connectivity index (χ3v) is 2.92. The Morgan fingerprint density at radius 2 is 1.88 bits per heavy atom. The van der Waals surface area contributed by atoms with Crippen molar-refractivity contribution >= 4 is 11.6 Å². The van der Waals surface area contributed by atoms with Gasteiger partial charge in [-0.3, -0.25) is 0 Å². The lowest BCUT2D eigenvalue weighted by molar-refractivity contribution is 0.280. The van der Waals surface area contributed by atoms with Crippen LogP contribution in [0.25, 0.3) is 5.69 Å². The highest BCUT2D eigenvalue weighted by atomic mass is 35.5. The monoisotopic (exact) mass is 236 g/mol. The fourth-order valence-corrected chi connectivity index (χ4v) is 1.86. The van der Waals surface area contributed by atoms with Crippen LogP contribution in [-0.4, -0.2) is 14.9 Å². The second kappa shape index (κ2) is 4.28. The van der Waals surface area contributed by atoms with E-state index in [0.29, 0.717) is 5.02 Å². The number of benzene rings is 1. The van der Waals surface area contributed by atoms with Crippen molar-refractivity contribution in [1.29, 1.82) is 0 Å². The van der Waals surface area contributed by atoms with Gasteiger partial charge in [0.15, 0.2) is 0 Å². The van der Waals surface area contributed by atoms with Crippen molar-refractivity contribution in [1.82, 2.24) is 9.78 Å². The fraction of sp³-hybridized carbons (Fsp3) is 0.250. The van der Waals surface area contributed by atoms with Crippen LogP contribution in [0.3, 0.4) is 0 Å². The second-order valence-corrected chi connectivity index (χ2v) is 4.13. The molecule has 0 aliphatic heterocycles. The van der Waals surface area contributed by atoms with Gasteiger partial charge in [-0.15, -0.1) is 0 Å². The number of nitrogens with zero attached hydrogens (tertiary/aromatic N) is 2. The molecule has 0 fully saturated rings. The van der Waals surface area contributed by atoms with Crippen molar-refractivity contribution in [3.63, 3.8) is 0 Å². The molecular formula is C12H13ClN2O. The van der Waals surface area contributed by atoms with Crippen molar-refractivity contribution in [2.45, 2.75) is 20.5 Å². The van der Waals surface area contributed by atoms with Crippen molar-refractivity contribution in [3.05, 3.63) is 46.2 Å². The van der Waals surface area contributed by atoms with E-state index in [1.54, 1.807) is 0 Å². The molecule has 1 heterocycles. The van der Waals surface area contributed by atoms with E-state index in [-0.39, 0.29) is 6.61 Å². The number of aliphatic hydroxyl groups excluding tert-OH is 1. The van der Waals surface area contributed by atoms with Gasteiger partial charge in [-0.2, -0.15) is 5.10 Å².